The highest BCUT2D eigenvalue weighted by Gasteiger charge is 2.25. The summed E-state index contributed by atoms with van der Waals surface area (Å²) < 4.78 is 0. The van der Waals surface area contributed by atoms with E-state index in [-0.39, 0.29) is 6.04 Å². The molecule has 1 aliphatic rings. The molecule has 9 heteroatoms. The van der Waals surface area contributed by atoms with E-state index in [4.69, 9.17) is 16.9 Å². The van der Waals surface area contributed by atoms with Gasteiger partial charge in [0.2, 0.25) is 0 Å². The van der Waals surface area contributed by atoms with E-state index in [1.54, 1.807) is 18.3 Å². The number of halogens is 1. The monoisotopic (exact) mass is 394 g/mol. The van der Waals surface area contributed by atoms with Crippen LogP contribution in [0.3, 0.4) is 0 Å². The zero-order valence-corrected chi connectivity index (χ0v) is 16.2. The van der Waals surface area contributed by atoms with Crippen molar-refractivity contribution in [2.75, 3.05) is 31.1 Å². The first-order valence-corrected chi connectivity index (χ1v) is 9.43. The van der Waals surface area contributed by atoms with Crippen LogP contribution in [0.1, 0.15) is 24.4 Å². The van der Waals surface area contributed by atoms with E-state index < -0.39 is 0 Å². The summed E-state index contributed by atoms with van der Waals surface area (Å²) in [6.45, 7) is 5.54. The highest BCUT2D eigenvalue weighted by molar-refractivity contribution is 6.30. The lowest BCUT2D eigenvalue weighted by Crippen LogP contribution is -2.47. The van der Waals surface area contributed by atoms with Crippen LogP contribution in [0.2, 0.25) is 5.02 Å². The van der Waals surface area contributed by atoms with Crippen molar-refractivity contribution in [3.8, 4) is 11.8 Å². The van der Waals surface area contributed by atoms with Crippen LogP contribution < -0.4 is 4.90 Å². The van der Waals surface area contributed by atoms with Crippen molar-refractivity contribution >= 4 is 17.4 Å². The number of hydrogen-bond acceptors (Lipinski definition) is 7. The van der Waals surface area contributed by atoms with Crippen molar-refractivity contribution in [3.05, 3.63) is 59.0 Å². The molecule has 1 saturated heterocycles. The highest BCUT2D eigenvalue weighted by atomic mass is 35.5. The smallest absolute Gasteiger partial charge is 0.192 e. The van der Waals surface area contributed by atoms with Crippen LogP contribution in [0, 0.1) is 11.3 Å². The van der Waals surface area contributed by atoms with Crippen molar-refractivity contribution in [1.29, 1.82) is 5.26 Å². The number of rotatable bonds is 4. The maximum absolute atomic E-state index is 8.90. The lowest BCUT2D eigenvalue weighted by Gasteiger charge is -2.37. The normalized spacial score (nSPS) is 16.0. The molecule has 1 fully saturated rings. The predicted octanol–water partition coefficient (Wildman–Crippen LogP) is 2.47. The van der Waals surface area contributed by atoms with Gasteiger partial charge in [-0.3, -0.25) is 4.90 Å². The molecule has 0 amide bonds. The lowest BCUT2D eigenvalue weighted by molar-refractivity contribution is 0.191. The molecule has 1 aliphatic heterocycles. The number of nitriles is 1. The van der Waals surface area contributed by atoms with Gasteiger partial charge < -0.3 is 4.90 Å². The Balaban J connectivity index is 1.40. The Morgan fingerprint density at radius 3 is 2.64 bits per heavy atom. The summed E-state index contributed by atoms with van der Waals surface area (Å²) in [5, 5.41) is 22.5. The molecular formula is C19H19ClN8. The Hall–Kier alpha value is -3.02. The number of pyridine rings is 1. The fourth-order valence-electron chi connectivity index (χ4n) is 3.24. The minimum Gasteiger partial charge on any atom is -0.354 e. The minimum atomic E-state index is 0.0593. The molecule has 3 aromatic rings. The molecule has 0 saturated carbocycles. The standard InChI is InChI=1S/C19H19ClN8/c1-14(19-23-25-28(24-19)17-4-2-3-16(20)11-17)26-7-9-27(10-8-26)18-6-5-15(12-21)13-22-18/h2-6,11,13-14H,7-10H2,1H3/t14-/m0/s1. The van der Waals surface area contributed by atoms with E-state index >= 15 is 0 Å². The van der Waals surface area contributed by atoms with Gasteiger partial charge in [-0.1, -0.05) is 17.7 Å². The molecule has 0 unspecified atom stereocenters. The quantitative estimate of drug-likeness (QED) is 0.671. The van der Waals surface area contributed by atoms with Crippen LogP contribution >= 0.6 is 11.6 Å². The molecule has 28 heavy (non-hydrogen) atoms. The van der Waals surface area contributed by atoms with Crippen molar-refractivity contribution in [2.24, 2.45) is 0 Å². The number of hydrogen-bond donors (Lipinski definition) is 0. The van der Waals surface area contributed by atoms with Gasteiger partial charge in [-0.2, -0.15) is 5.26 Å². The summed E-state index contributed by atoms with van der Waals surface area (Å²) >= 11 is 6.04. The Kier molecular flexibility index (Phi) is 5.19. The Bertz CT molecular complexity index is 986. The third kappa shape index (κ3) is 3.81. The molecule has 8 nitrogen and oxygen atoms in total. The molecule has 1 aromatic carbocycles. The zero-order valence-electron chi connectivity index (χ0n) is 15.4. The van der Waals surface area contributed by atoms with Crippen molar-refractivity contribution < 1.29 is 0 Å². The SMILES string of the molecule is C[C@@H](c1nnn(-c2cccc(Cl)c2)n1)N1CCN(c2ccc(C#N)cn2)CC1. The van der Waals surface area contributed by atoms with E-state index in [1.165, 1.54) is 4.80 Å². The maximum Gasteiger partial charge on any atom is 0.192 e. The lowest BCUT2D eigenvalue weighted by atomic mass is 10.2. The molecule has 0 aliphatic carbocycles. The van der Waals surface area contributed by atoms with Crippen LogP contribution in [-0.4, -0.2) is 56.3 Å². The molecule has 0 bridgehead atoms. The fraction of sp³-hybridized carbons (Fsp3) is 0.316. The first-order valence-electron chi connectivity index (χ1n) is 9.05. The minimum absolute atomic E-state index is 0.0593. The summed E-state index contributed by atoms with van der Waals surface area (Å²) in [4.78, 5) is 10.4. The summed E-state index contributed by atoms with van der Waals surface area (Å²) in [6, 6.07) is 13.2. The van der Waals surface area contributed by atoms with E-state index in [2.05, 4.69) is 43.2 Å². The molecule has 3 heterocycles. The molecule has 0 N–H and O–H groups in total. The fourth-order valence-corrected chi connectivity index (χ4v) is 3.43. The van der Waals surface area contributed by atoms with E-state index in [1.807, 2.05) is 24.3 Å². The van der Waals surface area contributed by atoms with Crippen LogP contribution in [0.4, 0.5) is 5.82 Å². The first-order chi connectivity index (χ1) is 13.6. The second-order valence-electron chi connectivity index (χ2n) is 6.63. The average Bonchev–Trinajstić information content (AvgIpc) is 3.24. The van der Waals surface area contributed by atoms with E-state index in [0.717, 1.165) is 37.7 Å². The number of tetrazole rings is 1. The molecule has 1 atom stereocenters. The third-order valence-corrected chi connectivity index (χ3v) is 5.14. The van der Waals surface area contributed by atoms with Gasteiger partial charge in [0.05, 0.1) is 17.3 Å². The molecule has 142 valence electrons. The number of piperazine rings is 1. The van der Waals surface area contributed by atoms with Gasteiger partial charge in [-0.05, 0) is 42.5 Å². The van der Waals surface area contributed by atoms with Gasteiger partial charge in [-0.25, -0.2) is 4.98 Å². The zero-order chi connectivity index (χ0) is 19.5. The highest BCUT2D eigenvalue weighted by Crippen LogP contribution is 2.21. The third-order valence-electron chi connectivity index (χ3n) is 4.90. The molecule has 0 radical (unpaired) electrons. The van der Waals surface area contributed by atoms with E-state index in [0.29, 0.717) is 16.4 Å². The second-order valence-corrected chi connectivity index (χ2v) is 7.07. The van der Waals surface area contributed by atoms with Crippen molar-refractivity contribution in [1.82, 2.24) is 30.1 Å². The number of anilines is 1. The van der Waals surface area contributed by atoms with Gasteiger partial charge in [0, 0.05) is 37.4 Å². The van der Waals surface area contributed by atoms with Gasteiger partial charge in [0.1, 0.15) is 11.9 Å². The van der Waals surface area contributed by atoms with Crippen LogP contribution in [0.5, 0.6) is 0 Å². The molecule has 4 rings (SSSR count). The molecular weight excluding hydrogens is 376 g/mol. The topological polar surface area (TPSA) is 86.8 Å². The van der Waals surface area contributed by atoms with Gasteiger partial charge in [-0.15, -0.1) is 15.0 Å². The first kappa shape index (κ1) is 18.3. The largest absolute Gasteiger partial charge is 0.354 e. The predicted molar refractivity (Wildman–Crippen MR) is 105 cm³/mol. The van der Waals surface area contributed by atoms with Crippen LogP contribution in [-0.2, 0) is 0 Å². The second kappa shape index (κ2) is 7.92. The van der Waals surface area contributed by atoms with Crippen molar-refractivity contribution in [2.45, 2.75) is 13.0 Å². The summed E-state index contributed by atoms with van der Waals surface area (Å²) in [7, 11) is 0. The number of aromatic nitrogens is 5. The molecule has 2 aromatic heterocycles. The Morgan fingerprint density at radius 1 is 1.14 bits per heavy atom. The summed E-state index contributed by atoms with van der Waals surface area (Å²) in [5.74, 6) is 1.58. The Morgan fingerprint density at radius 2 is 1.96 bits per heavy atom. The molecule has 0 spiro atoms. The maximum atomic E-state index is 8.90. The van der Waals surface area contributed by atoms with Crippen LogP contribution in [0.25, 0.3) is 5.69 Å². The number of benzene rings is 1. The van der Waals surface area contributed by atoms with Gasteiger partial charge in [0.25, 0.3) is 0 Å². The van der Waals surface area contributed by atoms with Gasteiger partial charge in [0.15, 0.2) is 5.82 Å². The van der Waals surface area contributed by atoms with Crippen molar-refractivity contribution in [3.63, 3.8) is 0 Å². The summed E-state index contributed by atoms with van der Waals surface area (Å²) in [5.41, 5.74) is 1.36. The van der Waals surface area contributed by atoms with Gasteiger partial charge >= 0.3 is 0 Å². The average molecular weight is 395 g/mol. The van der Waals surface area contributed by atoms with E-state index in [9.17, 15) is 0 Å². The van der Waals surface area contributed by atoms with Crippen LogP contribution in [0.15, 0.2) is 42.6 Å². The Labute approximate surface area is 168 Å². The summed E-state index contributed by atoms with van der Waals surface area (Å²) in [6.07, 6.45) is 1.61. The number of nitrogens with zero attached hydrogens (tertiary/aromatic N) is 8.